The Balaban J connectivity index is 1.82. The van der Waals surface area contributed by atoms with Gasteiger partial charge in [-0.25, -0.2) is 8.42 Å². The number of aromatic amines is 1. The van der Waals surface area contributed by atoms with Gasteiger partial charge in [-0.3, -0.25) is 9.89 Å². The smallest absolute Gasteiger partial charge is 0.273 e. The standard InChI is InChI=1S/C16H18N6O3S/c1-11-10-22(26(24,25)14-5-3-13(7-17)4-6-14)12(2)9-21(11)16(23)15-8-18-20-19-15/h3-6,8,11-12H,9-10H2,1-2H3,(H,18,19,20)/t11-,12+/m0/s1. The number of nitrogens with zero attached hydrogens (tertiary/aromatic N) is 5. The molecule has 0 bridgehead atoms. The second-order valence-corrected chi connectivity index (χ2v) is 8.13. The molecule has 0 aliphatic carbocycles. The first-order valence-corrected chi connectivity index (χ1v) is 9.47. The van der Waals surface area contributed by atoms with E-state index < -0.39 is 16.1 Å². The van der Waals surface area contributed by atoms with E-state index >= 15 is 0 Å². The van der Waals surface area contributed by atoms with E-state index in [9.17, 15) is 13.2 Å². The van der Waals surface area contributed by atoms with Gasteiger partial charge in [0.1, 0.15) is 5.69 Å². The van der Waals surface area contributed by atoms with Crippen LogP contribution in [-0.4, -0.2) is 64.1 Å². The number of hydrogen-bond donors (Lipinski definition) is 1. The maximum Gasteiger partial charge on any atom is 0.273 e. The molecule has 10 heteroatoms. The molecule has 1 aliphatic rings. The number of benzene rings is 1. The summed E-state index contributed by atoms with van der Waals surface area (Å²) < 4.78 is 27.3. The first kappa shape index (κ1) is 18.0. The molecule has 1 aromatic heterocycles. The van der Waals surface area contributed by atoms with Crippen LogP contribution in [0.1, 0.15) is 29.9 Å². The molecule has 0 unspecified atom stereocenters. The lowest BCUT2D eigenvalue weighted by Crippen LogP contribution is -2.59. The predicted octanol–water partition coefficient (Wildman–Crippen LogP) is 0.600. The normalized spacial score (nSPS) is 21.3. The summed E-state index contributed by atoms with van der Waals surface area (Å²) in [6, 6.07) is 7.08. The van der Waals surface area contributed by atoms with Crippen molar-refractivity contribution in [3.63, 3.8) is 0 Å². The third-order valence-corrected chi connectivity index (χ3v) is 6.42. The van der Waals surface area contributed by atoms with Crippen LogP contribution in [0, 0.1) is 11.3 Å². The summed E-state index contributed by atoms with van der Waals surface area (Å²) in [7, 11) is -3.72. The average Bonchev–Trinajstić information content (AvgIpc) is 3.17. The monoisotopic (exact) mass is 374 g/mol. The zero-order valence-electron chi connectivity index (χ0n) is 14.3. The van der Waals surface area contributed by atoms with Gasteiger partial charge in [-0.2, -0.15) is 9.57 Å². The van der Waals surface area contributed by atoms with Crippen LogP contribution in [0.2, 0.25) is 0 Å². The molecule has 1 saturated heterocycles. The molecule has 3 rings (SSSR count). The van der Waals surface area contributed by atoms with Gasteiger partial charge in [0.25, 0.3) is 5.91 Å². The molecule has 0 spiro atoms. The first-order valence-electron chi connectivity index (χ1n) is 8.03. The summed E-state index contributed by atoms with van der Waals surface area (Å²) in [5.74, 6) is -0.259. The number of nitriles is 1. The molecular weight excluding hydrogens is 356 g/mol. The summed E-state index contributed by atoms with van der Waals surface area (Å²) in [6.07, 6.45) is 1.35. The predicted molar refractivity (Wildman–Crippen MR) is 91.4 cm³/mol. The van der Waals surface area contributed by atoms with Crippen molar-refractivity contribution in [2.45, 2.75) is 30.8 Å². The minimum atomic E-state index is -3.72. The summed E-state index contributed by atoms with van der Waals surface area (Å²) in [5, 5.41) is 18.5. The number of aromatic nitrogens is 3. The number of hydrogen-bond acceptors (Lipinski definition) is 6. The van der Waals surface area contributed by atoms with Crippen molar-refractivity contribution < 1.29 is 13.2 Å². The third kappa shape index (κ3) is 3.18. The number of amides is 1. The molecule has 2 atom stereocenters. The molecule has 1 aromatic carbocycles. The molecular formula is C16H18N6O3S. The lowest BCUT2D eigenvalue weighted by Gasteiger charge is -2.43. The van der Waals surface area contributed by atoms with Crippen molar-refractivity contribution in [1.82, 2.24) is 24.6 Å². The fourth-order valence-electron chi connectivity index (χ4n) is 3.01. The summed E-state index contributed by atoms with van der Waals surface area (Å²) in [5.41, 5.74) is 0.668. The number of rotatable bonds is 3. The minimum absolute atomic E-state index is 0.132. The van der Waals surface area contributed by atoms with Crippen molar-refractivity contribution >= 4 is 15.9 Å². The Morgan fingerprint density at radius 3 is 2.50 bits per heavy atom. The zero-order valence-corrected chi connectivity index (χ0v) is 15.1. The van der Waals surface area contributed by atoms with Crippen LogP contribution in [0.5, 0.6) is 0 Å². The largest absolute Gasteiger partial charge is 0.332 e. The highest BCUT2D eigenvalue weighted by molar-refractivity contribution is 7.89. The van der Waals surface area contributed by atoms with Crippen LogP contribution in [0.15, 0.2) is 35.4 Å². The van der Waals surface area contributed by atoms with E-state index in [0.29, 0.717) is 5.56 Å². The Hall–Kier alpha value is -2.77. The van der Waals surface area contributed by atoms with E-state index in [1.54, 1.807) is 18.7 Å². The zero-order chi connectivity index (χ0) is 18.9. The third-order valence-electron chi connectivity index (χ3n) is 4.43. The van der Waals surface area contributed by atoms with Gasteiger partial charge in [0.05, 0.1) is 22.7 Å². The molecule has 0 radical (unpaired) electrons. The van der Waals surface area contributed by atoms with Crippen LogP contribution in [-0.2, 0) is 10.0 Å². The van der Waals surface area contributed by atoms with Gasteiger partial charge in [0.15, 0.2) is 0 Å². The van der Waals surface area contributed by atoms with Crippen LogP contribution in [0.3, 0.4) is 0 Å². The van der Waals surface area contributed by atoms with Crippen LogP contribution < -0.4 is 0 Å². The fraction of sp³-hybridized carbons (Fsp3) is 0.375. The van der Waals surface area contributed by atoms with Crippen molar-refractivity contribution in [2.24, 2.45) is 0 Å². The van der Waals surface area contributed by atoms with Crippen molar-refractivity contribution in [3.05, 3.63) is 41.7 Å². The number of H-pyrrole nitrogens is 1. The molecule has 136 valence electrons. The topological polar surface area (TPSA) is 123 Å². The molecule has 9 nitrogen and oxygen atoms in total. The lowest BCUT2D eigenvalue weighted by molar-refractivity contribution is 0.0501. The van der Waals surface area contributed by atoms with Gasteiger partial charge < -0.3 is 4.90 Å². The van der Waals surface area contributed by atoms with Crippen molar-refractivity contribution in [1.29, 1.82) is 5.26 Å². The van der Waals surface area contributed by atoms with Gasteiger partial charge in [-0.15, -0.1) is 5.10 Å². The highest BCUT2D eigenvalue weighted by Gasteiger charge is 2.39. The van der Waals surface area contributed by atoms with Crippen molar-refractivity contribution in [2.75, 3.05) is 13.1 Å². The van der Waals surface area contributed by atoms with E-state index in [0.717, 1.165) is 0 Å². The van der Waals surface area contributed by atoms with Crippen LogP contribution in [0.4, 0.5) is 0 Å². The minimum Gasteiger partial charge on any atom is -0.332 e. The average molecular weight is 374 g/mol. The Morgan fingerprint density at radius 1 is 1.23 bits per heavy atom. The van der Waals surface area contributed by atoms with Gasteiger partial charge in [0.2, 0.25) is 10.0 Å². The number of carbonyl (C=O) groups excluding carboxylic acids is 1. The van der Waals surface area contributed by atoms with E-state index in [1.165, 1.54) is 34.8 Å². The van der Waals surface area contributed by atoms with Crippen LogP contribution >= 0.6 is 0 Å². The fourth-order valence-corrected chi connectivity index (χ4v) is 4.71. The maximum atomic E-state index is 13.0. The Kier molecular flexibility index (Phi) is 4.76. The molecule has 1 amide bonds. The second-order valence-electron chi connectivity index (χ2n) is 6.24. The highest BCUT2D eigenvalue weighted by atomic mass is 32.2. The van der Waals surface area contributed by atoms with E-state index in [-0.39, 0.29) is 35.6 Å². The van der Waals surface area contributed by atoms with E-state index in [1.807, 2.05) is 6.07 Å². The molecule has 1 N–H and O–H groups in total. The Labute approximate surface area is 151 Å². The molecule has 2 heterocycles. The number of nitrogens with one attached hydrogen (secondary N) is 1. The van der Waals surface area contributed by atoms with E-state index in [4.69, 9.17) is 5.26 Å². The van der Waals surface area contributed by atoms with Gasteiger partial charge in [0, 0.05) is 25.2 Å². The molecule has 1 fully saturated rings. The number of piperazine rings is 1. The van der Waals surface area contributed by atoms with Gasteiger partial charge >= 0.3 is 0 Å². The Morgan fingerprint density at radius 2 is 1.92 bits per heavy atom. The molecule has 0 saturated carbocycles. The highest BCUT2D eigenvalue weighted by Crippen LogP contribution is 2.25. The molecule has 26 heavy (non-hydrogen) atoms. The summed E-state index contributed by atoms with van der Waals surface area (Å²) in [6.45, 7) is 4.00. The molecule has 1 aliphatic heterocycles. The molecule has 2 aromatic rings. The maximum absolute atomic E-state index is 13.0. The first-order chi connectivity index (χ1) is 12.3. The summed E-state index contributed by atoms with van der Waals surface area (Å²) in [4.78, 5) is 14.3. The van der Waals surface area contributed by atoms with E-state index in [2.05, 4.69) is 15.4 Å². The Bertz CT molecular complexity index is 933. The number of sulfonamides is 1. The lowest BCUT2D eigenvalue weighted by atomic mass is 10.1. The van der Waals surface area contributed by atoms with Crippen molar-refractivity contribution in [3.8, 4) is 6.07 Å². The SMILES string of the molecule is C[C@@H]1CN(C(=O)c2cnn[nH]2)[C@@H](C)CN1S(=O)(=O)c1ccc(C#N)cc1. The number of carbonyl (C=O) groups is 1. The second kappa shape index (κ2) is 6.86. The van der Waals surface area contributed by atoms with Gasteiger partial charge in [-0.05, 0) is 38.1 Å². The van der Waals surface area contributed by atoms with Crippen LogP contribution in [0.25, 0.3) is 0 Å². The quantitative estimate of drug-likeness (QED) is 0.839. The van der Waals surface area contributed by atoms with Gasteiger partial charge in [-0.1, -0.05) is 5.21 Å². The summed E-state index contributed by atoms with van der Waals surface area (Å²) >= 11 is 0.